The van der Waals surface area contributed by atoms with E-state index in [4.69, 9.17) is 25.8 Å². The Morgan fingerprint density at radius 3 is 2.64 bits per heavy atom. The molecule has 2 rings (SSSR count). The van der Waals surface area contributed by atoms with Gasteiger partial charge in [-0.15, -0.1) is 0 Å². The molecule has 1 N–H and O–H groups in total. The predicted octanol–water partition coefficient (Wildman–Crippen LogP) is 4.16. The minimum absolute atomic E-state index is 0.250. The van der Waals surface area contributed by atoms with Crippen LogP contribution in [-0.2, 0) is 16.1 Å². The van der Waals surface area contributed by atoms with Gasteiger partial charge in [0.15, 0.2) is 11.5 Å². The molecule has 0 fully saturated rings. The largest absolute Gasteiger partial charge is 0.493 e. The number of carbonyl (C=O) groups is 1. The molecule has 0 radical (unpaired) electrons. The maximum absolute atomic E-state index is 12.1. The molecule has 0 aromatic heterocycles. The Bertz CT molecular complexity index is 774. The van der Waals surface area contributed by atoms with Crippen LogP contribution in [-0.4, -0.2) is 27.2 Å². The van der Waals surface area contributed by atoms with E-state index >= 15 is 0 Å². The van der Waals surface area contributed by atoms with Crippen molar-refractivity contribution < 1.29 is 19.0 Å². The summed E-state index contributed by atoms with van der Waals surface area (Å²) >= 11 is 6.15. The minimum atomic E-state index is -0.250. The summed E-state index contributed by atoms with van der Waals surface area (Å²) in [7, 11) is 4.67. The second-order valence-electron chi connectivity index (χ2n) is 5.19. The molecule has 0 unspecified atom stereocenters. The quantitative estimate of drug-likeness (QED) is 0.752. The van der Waals surface area contributed by atoms with Gasteiger partial charge < -0.3 is 19.5 Å². The van der Waals surface area contributed by atoms with Crippen LogP contribution in [0.1, 0.15) is 11.1 Å². The second kappa shape index (κ2) is 9.11. The molecule has 132 valence electrons. The SMILES string of the molecule is COCc1cccc(NC(=O)/C=C/c2cc(Cl)c(OC)c(OC)c2)c1. The summed E-state index contributed by atoms with van der Waals surface area (Å²) in [6, 6.07) is 10.9. The van der Waals surface area contributed by atoms with Gasteiger partial charge in [0.05, 0.1) is 25.8 Å². The van der Waals surface area contributed by atoms with Gasteiger partial charge in [0.1, 0.15) is 0 Å². The Hall–Kier alpha value is -2.50. The monoisotopic (exact) mass is 361 g/mol. The summed E-state index contributed by atoms with van der Waals surface area (Å²) in [5.41, 5.74) is 2.41. The van der Waals surface area contributed by atoms with Crippen molar-refractivity contribution in [1.29, 1.82) is 0 Å². The van der Waals surface area contributed by atoms with Crippen LogP contribution >= 0.6 is 11.6 Å². The van der Waals surface area contributed by atoms with E-state index in [0.29, 0.717) is 28.8 Å². The van der Waals surface area contributed by atoms with Crippen molar-refractivity contribution in [2.45, 2.75) is 6.61 Å². The molecule has 1 amide bonds. The van der Waals surface area contributed by atoms with E-state index in [0.717, 1.165) is 11.1 Å². The van der Waals surface area contributed by atoms with E-state index in [2.05, 4.69) is 5.32 Å². The van der Waals surface area contributed by atoms with Crippen LogP contribution in [0, 0.1) is 0 Å². The number of halogens is 1. The standard InChI is InChI=1S/C19H20ClNO4/c1-23-12-14-5-4-6-15(9-14)21-18(22)8-7-13-10-16(20)19(25-3)17(11-13)24-2/h4-11H,12H2,1-3H3,(H,21,22)/b8-7+. The third-order valence-electron chi connectivity index (χ3n) is 3.39. The molecule has 0 aliphatic rings. The average molecular weight is 362 g/mol. The number of hydrogen-bond donors (Lipinski definition) is 1. The van der Waals surface area contributed by atoms with Crippen molar-refractivity contribution in [1.82, 2.24) is 0 Å². The maximum Gasteiger partial charge on any atom is 0.248 e. The minimum Gasteiger partial charge on any atom is -0.493 e. The van der Waals surface area contributed by atoms with Crippen LogP contribution in [0.15, 0.2) is 42.5 Å². The predicted molar refractivity (Wildman–Crippen MR) is 99.4 cm³/mol. The lowest BCUT2D eigenvalue weighted by atomic mass is 10.1. The summed E-state index contributed by atoms with van der Waals surface area (Å²) in [6.07, 6.45) is 3.09. The number of methoxy groups -OCH3 is 3. The van der Waals surface area contributed by atoms with E-state index < -0.39 is 0 Å². The third kappa shape index (κ3) is 5.24. The molecule has 0 atom stereocenters. The molecule has 0 spiro atoms. The van der Waals surface area contributed by atoms with Gasteiger partial charge >= 0.3 is 0 Å². The number of benzene rings is 2. The van der Waals surface area contributed by atoms with Gasteiger partial charge in [-0.25, -0.2) is 0 Å². The smallest absolute Gasteiger partial charge is 0.248 e. The summed E-state index contributed by atoms with van der Waals surface area (Å²) in [5.74, 6) is 0.712. The van der Waals surface area contributed by atoms with Crippen molar-refractivity contribution in [2.75, 3.05) is 26.6 Å². The number of nitrogens with one attached hydrogen (secondary N) is 1. The van der Waals surface area contributed by atoms with Crippen molar-refractivity contribution in [3.05, 3.63) is 58.6 Å². The third-order valence-corrected chi connectivity index (χ3v) is 3.67. The fraction of sp³-hybridized carbons (Fsp3) is 0.211. The molecule has 0 saturated heterocycles. The number of hydrogen-bond acceptors (Lipinski definition) is 4. The first-order chi connectivity index (χ1) is 12.1. The average Bonchev–Trinajstić information content (AvgIpc) is 2.60. The number of anilines is 1. The number of amides is 1. The van der Waals surface area contributed by atoms with Gasteiger partial charge in [0.2, 0.25) is 5.91 Å². The number of ether oxygens (including phenoxy) is 3. The second-order valence-corrected chi connectivity index (χ2v) is 5.60. The molecule has 2 aromatic carbocycles. The summed E-state index contributed by atoms with van der Waals surface area (Å²) < 4.78 is 15.5. The zero-order valence-electron chi connectivity index (χ0n) is 14.3. The zero-order valence-corrected chi connectivity index (χ0v) is 15.1. The molecule has 0 bridgehead atoms. The van der Waals surface area contributed by atoms with Crippen molar-refractivity contribution in [3.8, 4) is 11.5 Å². The molecule has 0 heterocycles. The lowest BCUT2D eigenvalue weighted by Crippen LogP contribution is -2.08. The van der Waals surface area contributed by atoms with Crippen molar-refractivity contribution in [2.24, 2.45) is 0 Å². The van der Waals surface area contributed by atoms with Crippen molar-refractivity contribution in [3.63, 3.8) is 0 Å². The molecular weight excluding hydrogens is 342 g/mol. The Kier molecular flexibility index (Phi) is 6.86. The fourth-order valence-corrected chi connectivity index (χ4v) is 2.59. The fourth-order valence-electron chi connectivity index (χ4n) is 2.30. The molecule has 25 heavy (non-hydrogen) atoms. The Labute approximate surface area is 152 Å². The lowest BCUT2D eigenvalue weighted by Gasteiger charge is -2.10. The maximum atomic E-state index is 12.1. The summed E-state index contributed by atoms with van der Waals surface area (Å²) in [6.45, 7) is 0.490. The Balaban J connectivity index is 2.10. The summed E-state index contributed by atoms with van der Waals surface area (Å²) in [4.78, 5) is 12.1. The van der Waals surface area contributed by atoms with Crippen LogP contribution in [0.4, 0.5) is 5.69 Å². The molecule has 0 aliphatic carbocycles. The van der Waals surface area contributed by atoms with Gasteiger partial charge in [-0.2, -0.15) is 0 Å². The van der Waals surface area contributed by atoms with Crippen molar-refractivity contribution >= 4 is 29.3 Å². The van der Waals surface area contributed by atoms with Crippen LogP contribution in [0.25, 0.3) is 6.08 Å². The van der Waals surface area contributed by atoms with Crippen LogP contribution in [0.2, 0.25) is 5.02 Å². The Morgan fingerprint density at radius 2 is 1.96 bits per heavy atom. The first-order valence-electron chi connectivity index (χ1n) is 7.56. The number of carbonyl (C=O) groups excluding carboxylic acids is 1. The molecule has 2 aromatic rings. The highest BCUT2D eigenvalue weighted by atomic mass is 35.5. The van der Waals surface area contributed by atoms with E-state index in [1.165, 1.54) is 20.3 Å². The van der Waals surface area contributed by atoms with Gasteiger partial charge in [-0.05, 0) is 41.5 Å². The molecule has 6 heteroatoms. The van der Waals surface area contributed by atoms with Gasteiger partial charge in [-0.1, -0.05) is 23.7 Å². The first-order valence-corrected chi connectivity index (χ1v) is 7.93. The Morgan fingerprint density at radius 1 is 1.16 bits per heavy atom. The van der Waals surface area contributed by atoms with Gasteiger partial charge in [0.25, 0.3) is 0 Å². The van der Waals surface area contributed by atoms with E-state index in [9.17, 15) is 4.79 Å². The van der Waals surface area contributed by atoms with E-state index in [-0.39, 0.29) is 5.91 Å². The highest BCUT2D eigenvalue weighted by Gasteiger charge is 2.10. The summed E-state index contributed by atoms with van der Waals surface area (Å²) in [5, 5.41) is 3.22. The van der Waals surface area contributed by atoms with Crippen LogP contribution in [0.5, 0.6) is 11.5 Å². The zero-order chi connectivity index (χ0) is 18.2. The molecule has 0 aliphatic heterocycles. The highest BCUT2D eigenvalue weighted by Crippen LogP contribution is 2.36. The van der Waals surface area contributed by atoms with E-state index in [1.807, 2.05) is 24.3 Å². The topological polar surface area (TPSA) is 56.8 Å². The lowest BCUT2D eigenvalue weighted by molar-refractivity contribution is -0.111. The van der Waals surface area contributed by atoms with E-state index in [1.54, 1.807) is 25.3 Å². The van der Waals surface area contributed by atoms with Gasteiger partial charge in [-0.3, -0.25) is 4.79 Å². The van der Waals surface area contributed by atoms with Crippen LogP contribution < -0.4 is 14.8 Å². The molecule has 5 nitrogen and oxygen atoms in total. The highest BCUT2D eigenvalue weighted by molar-refractivity contribution is 6.32. The first kappa shape index (κ1) is 18.8. The number of rotatable bonds is 7. The molecule has 0 saturated carbocycles. The normalized spacial score (nSPS) is 10.7. The van der Waals surface area contributed by atoms with Crippen LogP contribution in [0.3, 0.4) is 0 Å². The molecular formula is C19H20ClNO4. The van der Waals surface area contributed by atoms with Gasteiger partial charge in [0, 0.05) is 18.9 Å².